The van der Waals surface area contributed by atoms with Gasteiger partial charge in [0, 0.05) is 68.2 Å². The summed E-state index contributed by atoms with van der Waals surface area (Å²) in [6.45, 7) is 0. The molecule has 0 spiro atoms. The van der Waals surface area contributed by atoms with E-state index < -0.39 is 0 Å². The predicted molar refractivity (Wildman–Crippen MR) is 203 cm³/mol. The minimum atomic E-state index is 0.685. The smallest absolute Gasteiger partial charge is 0.160 e. The Hall–Kier alpha value is -6.92. The Morgan fingerprint density at radius 3 is 1.94 bits per heavy atom. The molecular formula is C44H28N6. The zero-order chi connectivity index (χ0) is 33.0. The van der Waals surface area contributed by atoms with Crippen molar-refractivity contribution in [2.45, 2.75) is 0 Å². The lowest BCUT2D eigenvalue weighted by Crippen LogP contribution is -1.97. The van der Waals surface area contributed by atoms with Crippen LogP contribution in [-0.2, 0) is 0 Å². The molecule has 0 unspecified atom stereocenters. The fourth-order valence-corrected chi connectivity index (χ4v) is 7.17. The lowest BCUT2D eigenvalue weighted by molar-refractivity contribution is 1.13. The van der Waals surface area contributed by atoms with Crippen molar-refractivity contribution in [2.24, 2.45) is 0 Å². The van der Waals surface area contributed by atoms with E-state index in [9.17, 15) is 0 Å². The Bertz CT molecular complexity index is 2840. The summed E-state index contributed by atoms with van der Waals surface area (Å²) in [6.07, 6.45) is 5.69. The third-order valence-electron chi connectivity index (χ3n) is 9.49. The summed E-state index contributed by atoms with van der Waals surface area (Å²) in [5.74, 6) is 1.38. The maximum absolute atomic E-state index is 5.15. The SMILES string of the molecule is c1ccc(-n2ccc3ccc4c(c5ccccc5n4-c4ccc(-c5nc(-c6ccc(-c7ncccn7)cc6)c6ccccc6n5)cc4)c32)cc1. The molecule has 6 heteroatoms. The van der Waals surface area contributed by atoms with Gasteiger partial charge in [-0.25, -0.2) is 19.9 Å². The van der Waals surface area contributed by atoms with Crippen molar-refractivity contribution in [1.82, 2.24) is 29.1 Å². The molecule has 4 heterocycles. The second-order valence-corrected chi connectivity index (χ2v) is 12.4. The Labute approximate surface area is 287 Å². The first-order chi connectivity index (χ1) is 24.8. The normalized spacial score (nSPS) is 11.6. The van der Waals surface area contributed by atoms with Gasteiger partial charge in [0.15, 0.2) is 11.6 Å². The minimum absolute atomic E-state index is 0.685. The van der Waals surface area contributed by atoms with Gasteiger partial charge in [0.05, 0.1) is 27.8 Å². The Morgan fingerprint density at radius 1 is 0.440 bits per heavy atom. The van der Waals surface area contributed by atoms with Crippen LogP contribution in [0.3, 0.4) is 0 Å². The quantitative estimate of drug-likeness (QED) is 0.188. The molecule has 0 bridgehead atoms. The van der Waals surface area contributed by atoms with E-state index in [1.54, 1.807) is 12.4 Å². The van der Waals surface area contributed by atoms with Gasteiger partial charge in [0.2, 0.25) is 0 Å². The molecule has 0 aliphatic carbocycles. The number of benzene rings is 6. The Kier molecular flexibility index (Phi) is 6.39. The van der Waals surface area contributed by atoms with Crippen molar-refractivity contribution in [1.29, 1.82) is 0 Å². The number of para-hydroxylation sites is 3. The lowest BCUT2D eigenvalue weighted by atomic mass is 10.0. The molecule has 0 N–H and O–H groups in total. The maximum Gasteiger partial charge on any atom is 0.160 e. The molecule has 0 amide bonds. The molecule has 0 saturated carbocycles. The maximum atomic E-state index is 5.15. The first kappa shape index (κ1) is 28.1. The van der Waals surface area contributed by atoms with Gasteiger partial charge in [0.25, 0.3) is 0 Å². The van der Waals surface area contributed by atoms with Gasteiger partial charge in [-0.2, -0.15) is 0 Å². The zero-order valence-electron chi connectivity index (χ0n) is 26.8. The van der Waals surface area contributed by atoms with Gasteiger partial charge in [-0.1, -0.05) is 84.9 Å². The van der Waals surface area contributed by atoms with Gasteiger partial charge in [-0.15, -0.1) is 0 Å². The van der Waals surface area contributed by atoms with E-state index in [0.717, 1.165) is 55.7 Å². The van der Waals surface area contributed by atoms with Crippen LogP contribution in [0.4, 0.5) is 0 Å². The molecule has 0 saturated heterocycles. The molecule has 6 nitrogen and oxygen atoms in total. The molecule has 50 heavy (non-hydrogen) atoms. The standard InChI is InChI=1S/C44H28N6/c1-2-9-33(10-3-1)49-28-25-30-21-24-39-40(42(30)49)36-12-5-7-14-38(36)50(39)34-22-19-32(20-23-34)44-47-37-13-6-4-11-35(37)41(48-44)29-15-17-31(18-16-29)43-45-26-8-27-46-43/h1-28H. The van der Waals surface area contributed by atoms with Crippen LogP contribution in [0.5, 0.6) is 0 Å². The molecule has 0 fully saturated rings. The van der Waals surface area contributed by atoms with Crippen molar-refractivity contribution in [3.05, 3.63) is 170 Å². The van der Waals surface area contributed by atoms with E-state index in [-0.39, 0.29) is 0 Å². The summed E-state index contributed by atoms with van der Waals surface area (Å²) >= 11 is 0. The highest BCUT2D eigenvalue weighted by molar-refractivity contribution is 6.20. The average Bonchev–Trinajstić information content (AvgIpc) is 3.78. The van der Waals surface area contributed by atoms with Crippen molar-refractivity contribution in [3.8, 4) is 45.4 Å². The third kappa shape index (κ3) is 4.50. The van der Waals surface area contributed by atoms with Gasteiger partial charge >= 0.3 is 0 Å². The van der Waals surface area contributed by atoms with Crippen LogP contribution < -0.4 is 0 Å². The van der Waals surface area contributed by atoms with Crippen LogP contribution in [-0.4, -0.2) is 29.1 Å². The molecule has 0 atom stereocenters. The van der Waals surface area contributed by atoms with Gasteiger partial charge in [-0.3, -0.25) is 0 Å². The molecular weight excluding hydrogens is 613 g/mol. The van der Waals surface area contributed by atoms with Crippen molar-refractivity contribution >= 4 is 43.6 Å². The highest BCUT2D eigenvalue weighted by atomic mass is 15.0. The summed E-state index contributed by atoms with van der Waals surface area (Å²) in [5, 5.41) is 4.68. The molecule has 10 rings (SSSR count). The molecule has 10 aromatic rings. The van der Waals surface area contributed by atoms with Gasteiger partial charge in [-0.05, 0) is 66.7 Å². The summed E-state index contributed by atoms with van der Waals surface area (Å²) in [7, 11) is 0. The predicted octanol–water partition coefficient (Wildman–Crippen LogP) is 10.5. The number of hydrogen-bond acceptors (Lipinski definition) is 4. The van der Waals surface area contributed by atoms with E-state index in [4.69, 9.17) is 9.97 Å². The minimum Gasteiger partial charge on any atom is -0.316 e. The number of nitrogens with zero attached hydrogens (tertiary/aromatic N) is 6. The zero-order valence-corrected chi connectivity index (χ0v) is 26.8. The topological polar surface area (TPSA) is 61.4 Å². The first-order valence-electron chi connectivity index (χ1n) is 16.6. The molecule has 0 radical (unpaired) electrons. The number of rotatable bonds is 5. The van der Waals surface area contributed by atoms with Crippen molar-refractivity contribution < 1.29 is 0 Å². The van der Waals surface area contributed by atoms with E-state index in [1.807, 2.05) is 30.3 Å². The van der Waals surface area contributed by atoms with Crippen LogP contribution in [0.2, 0.25) is 0 Å². The summed E-state index contributed by atoms with van der Waals surface area (Å²) in [4.78, 5) is 19.0. The molecule has 6 aromatic carbocycles. The number of aromatic nitrogens is 6. The van der Waals surface area contributed by atoms with Crippen LogP contribution >= 0.6 is 0 Å². The van der Waals surface area contributed by atoms with Crippen LogP contribution in [0, 0.1) is 0 Å². The fourth-order valence-electron chi connectivity index (χ4n) is 7.17. The second kappa shape index (κ2) is 11.4. The number of fused-ring (bicyclic) bond motifs is 6. The monoisotopic (exact) mass is 640 g/mol. The second-order valence-electron chi connectivity index (χ2n) is 12.4. The summed E-state index contributed by atoms with van der Waals surface area (Å²) in [5.41, 5.74) is 10.5. The Morgan fingerprint density at radius 2 is 1.12 bits per heavy atom. The molecule has 234 valence electrons. The fraction of sp³-hybridized carbons (Fsp3) is 0. The first-order valence-corrected chi connectivity index (χ1v) is 16.6. The van der Waals surface area contributed by atoms with E-state index in [2.05, 4.69) is 147 Å². The highest BCUT2D eigenvalue weighted by Crippen LogP contribution is 2.38. The van der Waals surface area contributed by atoms with Crippen LogP contribution in [0.25, 0.3) is 89.0 Å². The number of hydrogen-bond donors (Lipinski definition) is 0. The third-order valence-corrected chi connectivity index (χ3v) is 9.49. The average molecular weight is 641 g/mol. The van der Waals surface area contributed by atoms with Gasteiger partial charge in [0.1, 0.15) is 0 Å². The van der Waals surface area contributed by atoms with Crippen molar-refractivity contribution in [3.63, 3.8) is 0 Å². The largest absolute Gasteiger partial charge is 0.316 e. The van der Waals surface area contributed by atoms with E-state index in [0.29, 0.717) is 11.6 Å². The Balaban J connectivity index is 1.09. The van der Waals surface area contributed by atoms with E-state index >= 15 is 0 Å². The van der Waals surface area contributed by atoms with Crippen LogP contribution in [0.1, 0.15) is 0 Å². The van der Waals surface area contributed by atoms with Crippen molar-refractivity contribution in [2.75, 3.05) is 0 Å². The van der Waals surface area contributed by atoms with E-state index in [1.165, 1.54) is 21.7 Å². The van der Waals surface area contributed by atoms with Gasteiger partial charge < -0.3 is 9.13 Å². The molecule has 4 aromatic heterocycles. The summed E-state index contributed by atoms with van der Waals surface area (Å²) in [6, 6.07) is 52.8. The highest BCUT2D eigenvalue weighted by Gasteiger charge is 2.18. The molecule has 0 aliphatic heterocycles. The van der Waals surface area contributed by atoms with Crippen LogP contribution in [0.15, 0.2) is 170 Å². The molecule has 0 aliphatic rings. The summed E-state index contributed by atoms with van der Waals surface area (Å²) < 4.78 is 4.66. The lowest BCUT2D eigenvalue weighted by Gasteiger charge is -2.12.